The highest BCUT2D eigenvalue weighted by Gasteiger charge is 1.98. The van der Waals surface area contributed by atoms with Crippen LogP contribution in [-0.4, -0.2) is 11.5 Å². The van der Waals surface area contributed by atoms with E-state index < -0.39 is 0 Å². The molecule has 0 unspecified atom stereocenters. The molecule has 0 aliphatic carbocycles. The van der Waals surface area contributed by atoms with Crippen LogP contribution in [0.25, 0.3) is 0 Å². The van der Waals surface area contributed by atoms with Crippen LogP contribution in [0.5, 0.6) is 5.75 Å². The van der Waals surface area contributed by atoms with Gasteiger partial charge in [0.05, 0.1) is 0 Å². The lowest BCUT2D eigenvalue weighted by Gasteiger charge is -2.10. The third-order valence-electron chi connectivity index (χ3n) is 1.25. The monoisotopic (exact) mass is 247 g/mol. The Morgan fingerprint density at radius 2 is 2.08 bits per heavy atom. The average molecular weight is 248 g/mol. The zero-order valence-electron chi connectivity index (χ0n) is 6.91. The minimum absolute atomic E-state index is 0.777. The summed E-state index contributed by atoms with van der Waals surface area (Å²) in [7, 11) is 1.72. The van der Waals surface area contributed by atoms with E-state index in [9.17, 15) is 0 Å². The van der Waals surface area contributed by atoms with E-state index in [1.54, 1.807) is 7.05 Å². The molecule has 66 valence electrons. The van der Waals surface area contributed by atoms with E-state index >= 15 is 0 Å². The summed E-state index contributed by atoms with van der Waals surface area (Å²) in [6.45, 7) is 2.01. The van der Waals surface area contributed by atoms with E-state index in [1.165, 1.54) is 4.47 Å². The first-order valence-corrected chi connectivity index (χ1v) is 4.65. The number of thiol groups is 1. The molecule has 0 aromatic heterocycles. The van der Waals surface area contributed by atoms with Gasteiger partial charge in [-0.1, -0.05) is 33.2 Å². The summed E-state index contributed by atoms with van der Waals surface area (Å²) in [5.74, 6) is 0.777. The van der Waals surface area contributed by atoms with Crippen molar-refractivity contribution in [1.82, 2.24) is 4.47 Å². The minimum Gasteiger partial charge on any atom is -0.396 e. The van der Waals surface area contributed by atoms with Gasteiger partial charge in [0.1, 0.15) is 5.75 Å². The van der Waals surface area contributed by atoms with Gasteiger partial charge in [0, 0.05) is 11.5 Å². The van der Waals surface area contributed by atoms with Gasteiger partial charge in [0.25, 0.3) is 0 Å². The molecule has 0 atom stereocenters. The summed E-state index contributed by atoms with van der Waals surface area (Å²) < 4.78 is 2.37. The van der Waals surface area contributed by atoms with Gasteiger partial charge in [0.2, 0.25) is 0 Å². The second-order valence-corrected chi connectivity index (χ2v) is 4.00. The number of halogens is 1. The van der Waals surface area contributed by atoms with Crippen LogP contribution in [0.4, 0.5) is 0 Å². The Labute approximate surface area is 86.1 Å². The lowest BCUT2D eigenvalue weighted by Crippen LogP contribution is -2.09. The Bertz CT molecular complexity index is 258. The SMILES string of the molecule is Cc1cc(Br)cc(ON(C)S)c1. The summed E-state index contributed by atoms with van der Waals surface area (Å²) >= 11 is 7.35. The Morgan fingerprint density at radius 3 is 2.58 bits per heavy atom. The maximum absolute atomic E-state index is 5.24. The molecule has 0 radical (unpaired) electrons. The lowest BCUT2D eigenvalue weighted by molar-refractivity contribution is 0.0823. The van der Waals surface area contributed by atoms with E-state index in [4.69, 9.17) is 4.84 Å². The van der Waals surface area contributed by atoms with Crippen molar-refractivity contribution >= 4 is 28.7 Å². The van der Waals surface area contributed by atoms with Crippen LogP contribution in [0.3, 0.4) is 0 Å². The van der Waals surface area contributed by atoms with Gasteiger partial charge in [-0.3, -0.25) is 0 Å². The Hall–Kier alpha value is -0.190. The quantitative estimate of drug-likeness (QED) is 0.638. The standard InChI is InChI=1S/C8H10BrNOS/c1-6-3-7(9)5-8(4-6)11-10(2)12/h3-5,12H,1-2H3. The summed E-state index contributed by atoms with van der Waals surface area (Å²) in [6.07, 6.45) is 0. The zero-order chi connectivity index (χ0) is 9.14. The van der Waals surface area contributed by atoms with Gasteiger partial charge < -0.3 is 4.84 Å². The predicted octanol–water partition coefficient (Wildman–Crippen LogP) is 2.83. The second-order valence-electron chi connectivity index (χ2n) is 2.52. The normalized spacial score (nSPS) is 10.4. The highest BCUT2D eigenvalue weighted by atomic mass is 79.9. The minimum atomic E-state index is 0.777. The molecule has 0 heterocycles. The number of aryl methyl sites for hydroxylation is 1. The van der Waals surface area contributed by atoms with E-state index in [-0.39, 0.29) is 0 Å². The van der Waals surface area contributed by atoms with Crippen LogP contribution in [-0.2, 0) is 0 Å². The summed E-state index contributed by atoms with van der Waals surface area (Å²) in [6, 6.07) is 5.85. The molecule has 0 saturated heterocycles. The third kappa shape index (κ3) is 3.05. The van der Waals surface area contributed by atoms with Gasteiger partial charge in [-0.25, -0.2) is 0 Å². The molecule has 1 aromatic rings. The van der Waals surface area contributed by atoms with Crippen molar-refractivity contribution in [2.75, 3.05) is 7.05 Å². The van der Waals surface area contributed by atoms with Crippen LogP contribution in [0.1, 0.15) is 5.56 Å². The molecule has 2 nitrogen and oxygen atoms in total. The van der Waals surface area contributed by atoms with Crippen molar-refractivity contribution in [2.45, 2.75) is 6.92 Å². The molecule has 12 heavy (non-hydrogen) atoms. The van der Waals surface area contributed by atoms with E-state index in [2.05, 4.69) is 28.7 Å². The number of hydroxylamine groups is 1. The molecule has 1 rings (SSSR count). The van der Waals surface area contributed by atoms with Crippen molar-refractivity contribution in [3.8, 4) is 5.75 Å². The van der Waals surface area contributed by atoms with E-state index in [0.717, 1.165) is 15.8 Å². The highest BCUT2D eigenvalue weighted by Crippen LogP contribution is 2.21. The summed E-state index contributed by atoms with van der Waals surface area (Å²) in [5.41, 5.74) is 1.15. The van der Waals surface area contributed by atoms with Gasteiger partial charge in [0.15, 0.2) is 0 Å². The molecule has 0 N–H and O–H groups in total. The summed E-state index contributed by atoms with van der Waals surface area (Å²) in [4.78, 5) is 5.24. The first-order valence-electron chi connectivity index (χ1n) is 3.45. The fourth-order valence-corrected chi connectivity index (χ4v) is 1.59. The number of nitrogens with zero attached hydrogens (tertiary/aromatic N) is 1. The second kappa shape index (κ2) is 4.16. The average Bonchev–Trinajstić information content (AvgIpc) is 1.81. The van der Waals surface area contributed by atoms with E-state index in [0.29, 0.717) is 0 Å². The maximum atomic E-state index is 5.24. The van der Waals surface area contributed by atoms with Crippen LogP contribution in [0.2, 0.25) is 0 Å². The first kappa shape index (κ1) is 9.89. The van der Waals surface area contributed by atoms with Crippen LogP contribution in [0, 0.1) is 6.92 Å². The van der Waals surface area contributed by atoms with Gasteiger partial charge in [-0.05, 0) is 30.7 Å². The number of rotatable bonds is 2. The molecule has 0 fully saturated rings. The molecule has 0 amide bonds. The largest absolute Gasteiger partial charge is 0.396 e. The molecule has 1 aromatic carbocycles. The number of benzene rings is 1. The fourth-order valence-electron chi connectivity index (χ4n) is 0.908. The smallest absolute Gasteiger partial charge is 0.150 e. The lowest BCUT2D eigenvalue weighted by atomic mass is 10.2. The topological polar surface area (TPSA) is 12.5 Å². The van der Waals surface area contributed by atoms with Crippen molar-refractivity contribution in [2.24, 2.45) is 0 Å². The molecule has 0 spiro atoms. The third-order valence-corrected chi connectivity index (χ3v) is 1.79. The van der Waals surface area contributed by atoms with Crippen molar-refractivity contribution in [1.29, 1.82) is 0 Å². The first-order chi connectivity index (χ1) is 5.58. The fraction of sp³-hybridized carbons (Fsp3) is 0.250. The van der Waals surface area contributed by atoms with Gasteiger partial charge in [-0.2, -0.15) is 0 Å². The molecular weight excluding hydrogens is 238 g/mol. The molecule has 0 bridgehead atoms. The zero-order valence-corrected chi connectivity index (χ0v) is 9.39. The predicted molar refractivity (Wildman–Crippen MR) is 56.3 cm³/mol. The number of hydrogen-bond acceptors (Lipinski definition) is 3. The summed E-state index contributed by atoms with van der Waals surface area (Å²) in [5, 5.41) is 0. The Balaban J connectivity index is 2.85. The Morgan fingerprint density at radius 1 is 1.42 bits per heavy atom. The van der Waals surface area contributed by atoms with Gasteiger partial charge >= 0.3 is 0 Å². The Kier molecular flexibility index (Phi) is 3.43. The van der Waals surface area contributed by atoms with E-state index in [1.807, 2.05) is 25.1 Å². The van der Waals surface area contributed by atoms with Crippen LogP contribution >= 0.6 is 28.7 Å². The van der Waals surface area contributed by atoms with Crippen LogP contribution < -0.4 is 4.84 Å². The molecular formula is C8H10BrNOS. The van der Waals surface area contributed by atoms with Gasteiger partial charge in [-0.15, -0.1) is 0 Å². The number of hydrogen-bond donors (Lipinski definition) is 1. The van der Waals surface area contributed by atoms with Crippen LogP contribution in [0.15, 0.2) is 22.7 Å². The maximum Gasteiger partial charge on any atom is 0.150 e. The van der Waals surface area contributed by atoms with Crippen molar-refractivity contribution in [3.63, 3.8) is 0 Å². The molecule has 0 aliphatic rings. The highest BCUT2D eigenvalue weighted by molar-refractivity contribution is 9.10. The molecule has 0 aliphatic heterocycles. The molecule has 0 saturated carbocycles. The van der Waals surface area contributed by atoms with Crippen molar-refractivity contribution < 1.29 is 4.84 Å². The molecule has 4 heteroatoms. The van der Waals surface area contributed by atoms with Crippen molar-refractivity contribution in [3.05, 3.63) is 28.2 Å².